The molecule has 0 aromatic heterocycles. The fourth-order valence-electron chi connectivity index (χ4n) is 1.59. The highest BCUT2D eigenvalue weighted by Crippen LogP contribution is 2.23. The number of anilines is 1. The van der Waals surface area contributed by atoms with Crippen LogP contribution in [0.2, 0.25) is 0 Å². The zero-order chi connectivity index (χ0) is 15.6. The molecular formula is C13H7F3N2O2S. The number of nitrogens with one attached hydrogen (secondary N) is 1. The molecule has 8 heteroatoms. The van der Waals surface area contributed by atoms with Gasteiger partial charge in [-0.05, 0) is 30.3 Å². The van der Waals surface area contributed by atoms with Gasteiger partial charge >= 0.3 is 0 Å². The Kier molecular flexibility index (Phi) is 3.86. The summed E-state index contributed by atoms with van der Waals surface area (Å²) in [5.74, 6) is -3.59. The molecule has 2 rings (SSSR count). The molecule has 2 aromatic rings. The molecule has 21 heavy (non-hydrogen) atoms. The molecular weight excluding hydrogens is 305 g/mol. The standard InChI is InChI=1S/C13H7F3N2O2S/c14-9-4-5-11(8(6-9)7-17)18-21(19,20)12-3-1-2-10(15)13(12)16/h1-6,18H. The van der Waals surface area contributed by atoms with Crippen molar-refractivity contribution in [2.45, 2.75) is 4.90 Å². The van der Waals surface area contributed by atoms with Gasteiger partial charge in [0.15, 0.2) is 11.6 Å². The number of hydrogen-bond donors (Lipinski definition) is 1. The number of hydrogen-bond acceptors (Lipinski definition) is 3. The first-order valence-corrected chi connectivity index (χ1v) is 7.00. The lowest BCUT2D eigenvalue weighted by Gasteiger charge is -2.10. The van der Waals surface area contributed by atoms with Crippen LogP contribution in [0.1, 0.15) is 5.56 Å². The highest BCUT2D eigenvalue weighted by molar-refractivity contribution is 7.92. The molecule has 0 amide bonds. The van der Waals surface area contributed by atoms with E-state index in [0.29, 0.717) is 0 Å². The van der Waals surface area contributed by atoms with E-state index in [2.05, 4.69) is 0 Å². The van der Waals surface area contributed by atoms with Crippen LogP contribution in [0.4, 0.5) is 18.9 Å². The van der Waals surface area contributed by atoms with Crippen LogP contribution in [0, 0.1) is 28.8 Å². The van der Waals surface area contributed by atoms with Crippen molar-refractivity contribution in [3.8, 4) is 6.07 Å². The van der Waals surface area contributed by atoms with Crippen molar-refractivity contribution < 1.29 is 21.6 Å². The second kappa shape index (κ2) is 5.46. The second-order valence-electron chi connectivity index (χ2n) is 3.96. The van der Waals surface area contributed by atoms with E-state index in [0.717, 1.165) is 36.4 Å². The van der Waals surface area contributed by atoms with Gasteiger partial charge in [-0.25, -0.2) is 21.6 Å². The molecule has 0 radical (unpaired) electrons. The van der Waals surface area contributed by atoms with Crippen LogP contribution in [0.3, 0.4) is 0 Å². The molecule has 0 unspecified atom stereocenters. The third-order valence-corrected chi connectivity index (χ3v) is 3.94. The fourth-order valence-corrected chi connectivity index (χ4v) is 2.76. The fraction of sp³-hybridized carbons (Fsp3) is 0. The predicted molar refractivity (Wildman–Crippen MR) is 68.3 cm³/mol. The van der Waals surface area contributed by atoms with E-state index in [9.17, 15) is 21.6 Å². The van der Waals surface area contributed by atoms with Crippen LogP contribution >= 0.6 is 0 Å². The Morgan fingerprint density at radius 2 is 1.81 bits per heavy atom. The van der Waals surface area contributed by atoms with Crippen LogP contribution in [-0.4, -0.2) is 8.42 Å². The van der Waals surface area contributed by atoms with Crippen LogP contribution in [0.25, 0.3) is 0 Å². The van der Waals surface area contributed by atoms with Crippen molar-refractivity contribution in [1.82, 2.24) is 0 Å². The first kappa shape index (κ1) is 14.9. The van der Waals surface area contributed by atoms with E-state index in [1.165, 1.54) is 0 Å². The van der Waals surface area contributed by atoms with Crippen molar-refractivity contribution in [3.05, 3.63) is 59.4 Å². The Labute approximate surface area is 118 Å². The maximum atomic E-state index is 13.5. The van der Waals surface area contributed by atoms with E-state index in [1.807, 2.05) is 4.72 Å². The quantitative estimate of drug-likeness (QED) is 0.947. The lowest BCUT2D eigenvalue weighted by Crippen LogP contribution is -2.16. The monoisotopic (exact) mass is 312 g/mol. The van der Waals surface area contributed by atoms with Gasteiger partial charge in [0, 0.05) is 0 Å². The van der Waals surface area contributed by atoms with Gasteiger partial charge in [-0.2, -0.15) is 5.26 Å². The highest BCUT2D eigenvalue weighted by atomic mass is 32.2. The minimum atomic E-state index is -4.45. The summed E-state index contributed by atoms with van der Waals surface area (Å²) < 4.78 is 65.5. The first-order chi connectivity index (χ1) is 9.85. The molecule has 0 atom stereocenters. The first-order valence-electron chi connectivity index (χ1n) is 5.51. The van der Waals surface area contributed by atoms with Crippen LogP contribution in [0.15, 0.2) is 41.3 Å². The smallest absolute Gasteiger partial charge is 0.264 e. The molecule has 0 bridgehead atoms. The highest BCUT2D eigenvalue weighted by Gasteiger charge is 2.22. The number of sulfonamides is 1. The lowest BCUT2D eigenvalue weighted by molar-refractivity contribution is 0.485. The number of nitrogens with zero attached hydrogens (tertiary/aromatic N) is 1. The zero-order valence-corrected chi connectivity index (χ0v) is 11.1. The minimum Gasteiger partial charge on any atom is -0.278 e. The van der Waals surface area contributed by atoms with Gasteiger partial charge < -0.3 is 0 Å². The summed E-state index contributed by atoms with van der Waals surface area (Å²) in [5, 5.41) is 8.82. The Bertz CT molecular complexity index is 845. The Hall–Kier alpha value is -2.53. The number of nitriles is 1. The van der Waals surface area contributed by atoms with Gasteiger partial charge in [0.1, 0.15) is 16.8 Å². The predicted octanol–water partition coefficient (Wildman–Crippen LogP) is 2.78. The van der Waals surface area contributed by atoms with Crippen LogP contribution in [0.5, 0.6) is 0 Å². The number of halogens is 3. The maximum absolute atomic E-state index is 13.5. The molecule has 0 spiro atoms. The van der Waals surface area contributed by atoms with Gasteiger partial charge in [0.05, 0.1) is 11.3 Å². The molecule has 0 saturated heterocycles. The molecule has 2 aromatic carbocycles. The molecule has 4 nitrogen and oxygen atoms in total. The summed E-state index contributed by atoms with van der Waals surface area (Å²) in [5.41, 5.74) is -0.516. The molecule has 0 aliphatic carbocycles. The topological polar surface area (TPSA) is 70.0 Å². The molecule has 0 fully saturated rings. The largest absolute Gasteiger partial charge is 0.278 e. The summed E-state index contributed by atoms with van der Waals surface area (Å²) in [7, 11) is -4.45. The maximum Gasteiger partial charge on any atom is 0.264 e. The minimum absolute atomic E-state index is 0.234. The van der Waals surface area contributed by atoms with Crippen molar-refractivity contribution in [3.63, 3.8) is 0 Å². The van der Waals surface area contributed by atoms with Gasteiger partial charge in [0.2, 0.25) is 0 Å². The molecule has 0 heterocycles. The third-order valence-electron chi connectivity index (χ3n) is 2.55. The summed E-state index contributed by atoms with van der Waals surface area (Å²) in [6, 6.07) is 7.04. The van der Waals surface area contributed by atoms with E-state index < -0.39 is 32.4 Å². The lowest BCUT2D eigenvalue weighted by atomic mass is 10.2. The second-order valence-corrected chi connectivity index (χ2v) is 5.61. The van der Waals surface area contributed by atoms with Crippen molar-refractivity contribution in [2.75, 3.05) is 4.72 Å². The van der Waals surface area contributed by atoms with E-state index >= 15 is 0 Å². The average Bonchev–Trinajstić information content (AvgIpc) is 2.43. The molecule has 1 N–H and O–H groups in total. The molecule has 0 saturated carbocycles. The van der Waals surface area contributed by atoms with Gasteiger partial charge in [-0.1, -0.05) is 6.07 Å². The summed E-state index contributed by atoms with van der Waals surface area (Å²) in [4.78, 5) is -0.907. The van der Waals surface area contributed by atoms with Crippen LogP contribution in [-0.2, 0) is 10.0 Å². The summed E-state index contributed by atoms with van der Waals surface area (Å²) in [6.07, 6.45) is 0. The average molecular weight is 312 g/mol. The molecule has 108 valence electrons. The summed E-state index contributed by atoms with van der Waals surface area (Å²) in [6.45, 7) is 0. The van der Waals surface area contributed by atoms with Crippen molar-refractivity contribution in [2.24, 2.45) is 0 Å². The van der Waals surface area contributed by atoms with E-state index in [1.54, 1.807) is 6.07 Å². The summed E-state index contributed by atoms with van der Waals surface area (Å²) >= 11 is 0. The van der Waals surface area contributed by atoms with E-state index in [-0.39, 0.29) is 11.3 Å². The number of rotatable bonds is 3. The van der Waals surface area contributed by atoms with Gasteiger partial charge in [-0.15, -0.1) is 0 Å². The van der Waals surface area contributed by atoms with Crippen molar-refractivity contribution >= 4 is 15.7 Å². The van der Waals surface area contributed by atoms with Crippen molar-refractivity contribution in [1.29, 1.82) is 5.26 Å². The van der Waals surface area contributed by atoms with Gasteiger partial charge in [-0.3, -0.25) is 4.72 Å². The molecule has 0 aliphatic heterocycles. The van der Waals surface area contributed by atoms with Gasteiger partial charge in [0.25, 0.3) is 10.0 Å². The Morgan fingerprint density at radius 1 is 1.10 bits per heavy atom. The zero-order valence-electron chi connectivity index (χ0n) is 10.3. The third kappa shape index (κ3) is 2.98. The number of benzene rings is 2. The van der Waals surface area contributed by atoms with Crippen LogP contribution < -0.4 is 4.72 Å². The molecule has 0 aliphatic rings. The normalized spacial score (nSPS) is 11.0. The Morgan fingerprint density at radius 3 is 2.48 bits per heavy atom. The SMILES string of the molecule is N#Cc1cc(F)ccc1NS(=O)(=O)c1cccc(F)c1F. The Balaban J connectivity index is 2.48. The van der Waals surface area contributed by atoms with E-state index in [4.69, 9.17) is 5.26 Å².